The van der Waals surface area contributed by atoms with Crippen molar-refractivity contribution in [1.82, 2.24) is 5.32 Å². The number of hydrogen-bond acceptors (Lipinski definition) is 2. The van der Waals surface area contributed by atoms with Crippen molar-refractivity contribution in [3.8, 4) is 5.75 Å². The van der Waals surface area contributed by atoms with Crippen LogP contribution in [-0.4, -0.2) is 24.0 Å². The first-order valence-electron chi connectivity index (χ1n) is 6.93. The fourth-order valence-electron chi connectivity index (χ4n) is 1.84. The van der Waals surface area contributed by atoms with Crippen LogP contribution < -0.4 is 10.1 Å². The van der Waals surface area contributed by atoms with Crippen LogP contribution in [0, 0.1) is 6.92 Å². The Bertz CT molecular complexity index is 593. The van der Waals surface area contributed by atoms with Crippen molar-refractivity contribution >= 4 is 6.09 Å². The van der Waals surface area contributed by atoms with Gasteiger partial charge in [0, 0.05) is 0 Å². The smallest absolute Gasteiger partial charge is 0.410 e. The van der Waals surface area contributed by atoms with Gasteiger partial charge in [-0.15, -0.1) is 0 Å². The number of nitrogens with one attached hydrogen (secondary N) is 1. The average molecular weight is 357 g/mol. The number of halogens is 6. The molecule has 0 unspecified atom stereocenters. The lowest BCUT2D eigenvalue weighted by atomic mass is 10.0. The molecular formula is C15H17F6NO2. The lowest BCUT2D eigenvalue weighted by molar-refractivity contribution is -0.298. The molecule has 1 aromatic carbocycles. The van der Waals surface area contributed by atoms with Gasteiger partial charge in [0.25, 0.3) is 0 Å². The Labute approximate surface area is 135 Å². The van der Waals surface area contributed by atoms with E-state index in [1.165, 1.54) is 6.07 Å². The lowest BCUT2D eigenvalue weighted by Crippen LogP contribution is -2.66. The molecule has 0 atom stereocenters. The molecule has 0 saturated heterocycles. The summed E-state index contributed by atoms with van der Waals surface area (Å²) < 4.78 is 81.4. The van der Waals surface area contributed by atoms with Gasteiger partial charge in [0.15, 0.2) is 0 Å². The van der Waals surface area contributed by atoms with Gasteiger partial charge in [-0.2, -0.15) is 26.3 Å². The Balaban J connectivity index is 3.11. The Morgan fingerprint density at radius 2 is 1.58 bits per heavy atom. The predicted molar refractivity (Wildman–Crippen MR) is 74.9 cm³/mol. The second-order valence-electron chi connectivity index (χ2n) is 5.83. The molecule has 24 heavy (non-hydrogen) atoms. The van der Waals surface area contributed by atoms with E-state index in [1.54, 1.807) is 32.9 Å². The number of aryl methyl sites for hydroxylation is 1. The molecular weight excluding hydrogens is 340 g/mol. The van der Waals surface area contributed by atoms with Gasteiger partial charge in [-0.3, -0.25) is 5.32 Å². The van der Waals surface area contributed by atoms with E-state index in [2.05, 4.69) is 0 Å². The fraction of sp³-hybridized carbons (Fsp3) is 0.533. The summed E-state index contributed by atoms with van der Waals surface area (Å²) in [6.07, 6.45) is -13.3. The molecule has 0 bridgehead atoms. The van der Waals surface area contributed by atoms with Gasteiger partial charge in [-0.1, -0.05) is 26.0 Å². The summed E-state index contributed by atoms with van der Waals surface area (Å²) in [5.74, 6) is -0.237. The second kappa shape index (κ2) is 6.52. The topological polar surface area (TPSA) is 38.3 Å². The van der Waals surface area contributed by atoms with Crippen molar-refractivity contribution in [2.24, 2.45) is 0 Å². The summed E-state index contributed by atoms with van der Waals surface area (Å²) in [6, 6.07) is 4.65. The SMILES string of the molecule is Cc1ccc(C(C)C)c(OC(=O)NC(C)(C(F)(F)F)C(F)(F)F)c1. The van der Waals surface area contributed by atoms with E-state index in [-0.39, 0.29) is 18.6 Å². The second-order valence-corrected chi connectivity index (χ2v) is 5.83. The zero-order valence-corrected chi connectivity index (χ0v) is 13.4. The van der Waals surface area contributed by atoms with Crippen molar-refractivity contribution in [2.75, 3.05) is 0 Å². The molecule has 0 heterocycles. The van der Waals surface area contributed by atoms with Crippen LogP contribution in [0.3, 0.4) is 0 Å². The third-order valence-corrected chi connectivity index (χ3v) is 3.48. The maximum absolute atomic E-state index is 12.8. The molecule has 1 rings (SSSR count). The molecule has 1 N–H and O–H groups in total. The summed E-state index contributed by atoms with van der Waals surface area (Å²) in [4.78, 5) is 11.7. The summed E-state index contributed by atoms with van der Waals surface area (Å²) >= 11 is 0. The summed E-state index contributed by atoms with van der Waals surface area (Å²) in [5.41, 5.74) is -3.30. The predicted octanol–water partition coefficient (Wildman–Crippen LogP) is 5.09. The van der Waals surface area contributed by atoms with Gasteiger partial charge in [0.05, 0.1) is 0 Å². The normalized spacial score (nSPS) is 13.1. The minimum Gasteiger partial charge on any atom is -0.410 e. The molecule has 0 spiro atoms. The van der Waals surface area contributed by atoms with Gasteiger partial charge in [0.1, 0.15) is 5.75 Å². The maximum atomic E-state index is 12.8. The van der Waals surface area contributed by atoms with Gasteiger partial charge in [-0.05, 0) is 37.0 Å². The highest BCUT2D eigenvalue weighted by atomic mass is 19.4. The molecule has 0 saturated carbocycles. The van der Waals surface area contributed by atoms with E-state index in [1.807, 2.05) is 0 Å². The van der Waals surface area contributed by atoms with Gasteiger partial charge in [-0.25, -0.2) is 4.79 Å². The molecule has 3 nitrogen and oxygen atoms in total. The first-order chi connectivity index (χ1) is 10.7. The van der Waals surface area contributed by atoms with E-state index >= 15 is 0 Å². The highest BCUT2D eigenvalue weighted by Crippen LogP contribution is 2.42. The Hall–Kier alpha value is -1.93. The van der Waals surface area contributed by atoms with E-state index in [0.29, 0.717) is 11.1 Å². The van der Waals surface area contributed by atoms with Crippen LogP contribution in [0.1, 0.15) is 37.8 Å². The Morgan fingerprint density at radius 1 is 1.08 bits per heavy atom. The standard InChI is InChI=1S/C15H17F6NO2/c1-8(2)10-6-5-9(3)7-11(10)24-12(23)22-13(4,14(16,17)18)15(19,20)21/h5-8H,1-4H3,(H,22,23). The summed E-state index contributed by atoms with van der Waals surface area (Å²) in [6.45, 7) is 4.97. The largest absolute Gasteiger partial charge is 0.420 e. The molecule has 0 aliphatic heterocycles. The van der Waals surface area contributed by atoms with Crippen molar-refractivity contribution in [1.29, 1.82) is 0 Å². The van der Waals surface area contributed by atoms with Gasteiger partial charge >= 0.3 is 18.4 Å². The molecule has 9 heteroatoms. The van der Waals surface area contributed by atoms with Crippen LogP contribution in [0.2, 0.25) is 0 Å². The summed E-state index contributed by atoms with van der Waals surface area (Å²) in [7, 11) is 0. The van der Waals surface area contributed by atoms with Crippen LogP contribution >= 0.6 is 0 Å². The van der Waals surface area contributed by atoms with E-state index in [4.69, 9.17) is 4.74 Å². The number of carbonyl (C=O) groups excluding carboxylic acids is 1. The van der Waals surface area contributed by atoms with Crippen LogP contribution in [-0.2, 0) is 0 Å². The van der Waals surface area contributed by atoms with E-state index in [0.717, 1.165) is 5.32 Å². The minimum absolute atomic E-state index is 0.0887. The number of benzene rings is 1. The monoisotopic (exact) mass is 357 g/mol. The van der Waals surface area contributed by atoms with Gasteiger partial charge < -0.3 is 4.74 Å². The third-order valence-electron chi connectivity index (χ3n) is 3.48. The van der Waals surface area contributed by atoms with Crippen LogP contribution in [0.15, 0.2) is 18.2 Å². The average Bonchev–Trinajstić information content (AvgIpc) is 2.35. The van der Waals surface area contributed by atoms with Crippen LogP contribution in [0.25, 0.3) is 0 Å². The third kappa shape index (κ3) is 4.12. The molecule has 0 fully saturated rings. The highest BCUT2D eigenvalue weighted by molar-refractivity contribution is 5.72. The molecule has 1 aromatic rings. The van der Waals surface area contributed by atoms with Crippen molar-refractivity contribution in [2.45, 2.75) is 51.5 Å². The zero-order chi connectivity index (χ0) is 18.9. The van der Waals surface area contributed by atoms with Crippen LogP contribution in [0.4, 0.5) is 31.1 Å². The number of carbonyl (C=O) groups is 1. The van der Waals surface area contributed by atoms with E-state index in [9.17, 15) is 31.1 Å². The zero-order valence-electron chi connectivity index (χ0n) is 13.4. The van der Waals surface area contributed by atoms with Crippen molar-refractivity contribution in [3.63, 3.8) is 0 Å². The molecule has 0 aliphatic carbocycles. The number of alkyl halides is 6. The Kier molecular flexibility index (Phi) is 5.47. The maximum Gasteiger partial charge on any atom is 0.420 e. The Morgan fingerprint density at radius 3 is 2.00 bits per heavy atom. The quantitative estimate of drug-likeness (QED) is 0.765. The molecule has 136 valence electrons. The van der Waals surface area contributed by atoms with Crippen molar-refractivity contribution < 1.29 is 35.9 Å². The number of rotatable bonds is 3. The first-order valence-corrected chi connectivity index (χ1v) is 6.93. The number of hydrogen-bond donors (Lipinski definition) is 1. The van der Waals surface area contributed by atoms with Crippen molar-refractivity contribution in [3.05, 3.63) is 29.3 Å². The fourth-order valence-corrected chi connectivity index (χ4v) is 1.84. The number of ether oxygens (including phenoxy) is 1. The molecule has 0 aromatic heterocycles. The molecule has 1 amide bonds. The van der Waals surface area contributed by atoms with Gasteiger partial charge in [0.2, 0.25) is 5.54 Å². The minimum atomic E-state index is -5.74. The molecule has 0 aliphatic rings. The summed E-state index contributed by atoms with van der Waals surface area (Å²) in [5, 5.41) is 0.896. The number of amides is 1. The van der Waals surface area contributed by atoms with Crippen LogP contribution in [0.5, 0.6) is 5.75 Å². The van der Waals surface area contributed by atoms with E-state index < -0.39 is 24.0 Å². The molecule has 0 radical (unpaired) electrons. The first kappa shape index (κ1) is 20.1. The lowest BCUT2D eigenvalue weighted by Gasteiger charge is -2.34. The highest BCUT2D eigenvalue weighted by Gasteiger charge is 2.69.